The minimum Gasteiger partial charge on any atom is -0.382 e. The van der Waals surface area contributed by atoms with Gasteiger partial charge in [-0.3, -0.25) is 9.69 Å². The second-order valence-corrected chi connectivity index (χ2v) is 5.33. The third kappa shape index (κ3) is 3.73. The Kier molecular flexibility index (Phi) is 5.56. The molecule has 1 aliphatic rings. The molecule has 0 spiro atoms. The molecular formula is C16H24FN3O. The van der Waals surface area contributed by atoms with Crippen LogP contribution in [0.15, 0.2) is 18.2 Å². The van der Waals surface area contributed by atoms with Crippen LogP contribution in [0.4, 0.5) is 10.1 Å². The first-order valence-corrected chi connectivity index (χ1v) is 7.72. The largest absolute Gasteiger partial charge is 0.382 e. The third-order valence-corrected chi connectivity index (χ3v) is 4.02. The lowest BCUT2D eigenvalue weighted by Crippen LogP contribution is -2.40. The number of amides is 1. The van der Waals surface area contributed by atoms with Crippen LogP contribution in [-0.4, -0.2) is 43.0 Å². The first-order valence-electron chi connectivity index (χ1n) is 7.72. The predicted octanol–water partition coefficient (Wildman–Crippen LogP) is 2.47. The number of carbonyl (C=O) groups excluding carboxylic acids is 1. The molecule has 1 amide bonds. The highest BCUT2D eigenvalue weighted by molar-refractivity contribution is 5.99. The molecule has 1 fully saturated rings. The van der Waals surface area contributed by atoms with Gasteiger partial charge in [0.15, 0.2) is 0 Å². The van der Waals surface area contributed by atoms with Gasteiger partial charge in [0.1, 0.15) is 5.82 Å². The molecule has 1 atom stereocenters. The molecule has 0 aliphatic carbocycles. The van der Waals surface area contributed by atoms with Crippen molar-refractivity contribution in [3.63, 3.8) is 0 Å². The molecule has 0 saturated carbocycles. The molecule has 0 aromatic heterocycles. The number of likely N-dealkylation sites (tertiary alicyclic amines) is 1. The molecule has 2 rings (SSSR count). The van der Waals surface area contributed by atoms with Crippen LogP contribution in [0.2, 0.25) is 0 Å². The number of nitrogens with zero attached hydrogens (tertiary/aromatic N) is 1. The molecule has 4 nitrogen and oxygen atoms in total. The summed E-state index contributed by atoms with van der Waals surface area (Å²) in [4.78, 5) is 14.7. The average molecular weight is 293 g/mol. The summed E-state index contributed by atoms with van der Waals surface area (Å²) in [5, 5.41) is 5.87. The summed E-state index contributed by atoms with van der Waals surface area (Å²) < 4.78 is 13.8. The van der Waals surface area contributed by atoms with E-state index in [0.29, 0.717) is 24.7 Å². The van der Waals surface area contributed by atoms with Gasteiger partial charge in [0.2, 0.25) is 0 Å². The fraction of sp³-hybridized carbons (Fsp3) is 0.562. The number of para-hydroxylation sites is 1. The minimum absolute atomic E-state index is 0.214. The molecular weight excluding hydrogens is 269 g/mol. The van der Waals surface area contributed by atoms with Crippen molar-refractivity contribution in [3.05, 3.63) is 29.6 Å². The maximum absolute atomic E-state index is 13.8. The number of hydrogen-bond donors (Lipinski definition) is 2. The van der Waals surface area contributed by atoms with E-state index in [1.807, 2.05) is 6.92 Å². The zero-order valence-corrected chi connectivity index (χ0v) is 12.8. The van der Waals surface area contributed by atoms with E-state index in [1.54, 1.807) is 12.1 Å². The van der Waals surface area contributed by atoms with Gasteiger partial charge in [-0.2, -0.15) is 0 Å². The summed E-state index contributed by atoms with van der Waals surface area (Å²) >= 11 is 0. The Labute approximate surface area is 125 Å². The summed E-state index contributed by atoms with van der Waals surface area (Å²) in [5.74, 6) is -0.603. The van der Waals surface area contributed by atoms with Crippen LogP contribution >= 0.6 is 0 Å². The summed E-state index contributed by atoms with van der Waals surface area (Å²) in [7, 11) is 0. The molecule has 1 saturated heterocycles. The maximum Gasteiger partial charge on any atom is 0.253 e. The van der Waals surface area contributed by atoms with Gasteiger partial charge in [-0.05, 0) is 45.0 Å². The van der Waals surface area contributed by atoms with Crippen molar-refractivity contribution in [2.24, 2.45) is 0 Å². The summed E-state index contributed by atoms with van der Waals surface area (Å²) in [6.45, 7) is 7.31. The molecule has 0 radical (unpaired) electrons. The summed E-state index contributed by atoms with van der Waals surface area (Å²) in [5.41, 5.74) is 0.661. The Bertz CT molecular complexity index is 492. The number of halogens is 1. The van der Waals surface area contributed by atoms with Crippen molar-refractivity contribution < 1.29 is 9.18 Å². The number of hydrogen-bond acceptors (Lipinski definition) is 3. The molecule has 1 aliphatic heterocycles. The van der Waals surface area contributed by atoms with Crippen LogP contribution in [0.3, 0.4) is 0 Å². The maximum atomic E-state index is 13.8. The lowest BCUT2D eigenvalue weighted by molar-refractivity contribution is 0.0942. The van der Waals surface area contributed by atoms with Gasteiger partial charge in [0.05, 0.1) is 11.3 Å². The van der Waals surface area contributed by atoms with Crippen LogP contribution in [0.1, 0.15) is 37.0 Å². The average Bonchev–Trinajstić information content (AvgIpc) is 2.94. The van der Waals surface area contributed by atoms with Crippen LogP contribution in [0, 0.1) is 5.82 Å². The van der Waals surface area contributed by atoms with Crippen LogP contribution in [0.5, 0.6) is 0 Å². The van der Waals surface area contributed by atoms with E-state index >= 15 is 0 Å². The molecule has 1 aromatic carbocycles. The van der Waals surface area contributed by atoms with E-state index in [1.165, 1.54) is 12.5 Å². The number of benzene rings is 1. The van der Waals surface area contributed by atoms with Crippen molar-refractivity contribution in [2.45, 2.75) is 32.7 Å². The molecule has 2 N–H and O–H groups in total. The van der Waals surface area contributed by atoms with Gasteiger partial charge in [0, 0.05) is 19.1 Å². The van der Waals surface area contributed by atoms with Crippen LogP contribution in [-0.2, 0) is 0 Å². The van der Waals surface area contributed by atoms with E-state index in [-0.39, 0.29) is 17.4 Å². The van der Waals surface area contributed by atoms with Crippen molar-refractivity contribution in [3.8, 4) is 0 Å². The second-order valence-electron chi connectivity index (χ2n) is 5.33. The van der Waals surface area contributed by atoms with E-state index in [2.05, 4.69) is 22.5 Å². The first kappa shape index (κ1) is 15.8. The minimum atomic E-state index is -0.388. The second kappa shape index (κ2) is 7.41. The van der Waals surface area contributed by atoms with E-state index in [0.717, 1.165) is 19.5 Å². The molecule has 0 bridgehead atoms. The zero-order valence-electron chi connectivity index (χ0n) is 12.8. The molecule has 1 heterocycles. The smallest absolute Gasteiger partial charge is 0.253 e. The normalized spacial score (nSPS) is 18.7. The van der Waals surface area contributed by atoms with Crippen LogP contribution < -0.4 is 10.6 Å². The molecule has 116 valence electrons. The quantitative estimate of drug-likeness (QED) is 0.847. The summed E-state index contributed by atoms with van der Waals surface area (Å²) in [6.07, 6.45) is 2.29. The van der Waals surface area contributed by atoms with Crippen molar-refractivity contribution >= 4 is 11.6 Å². The van der Waals surface area contributed by atoms with E-state index in [4.69, 9.17) is 0 Å². The topological polar surface area (TPSA) is 44.4 Å². The Morgan fingerprint density at radius 2 is 2.24 bits per heavy atom. The SMILES string of the molecule is CCNc1c(F)cccc1C(=O)NCC1CCCN1CC. The third-order valence-electron chi connectivity index (χ3n) is 4.02. The highest BCUT2D eigenvalue weighted by atomic mass is 19.1. The molecule has 21 heavy (non-hydrogen) atoms. The van der Waals surface area contributed by atoms with E-state index < -0.39 is 0 Å². The Morgan fingerprint density at radius 1 is 1.43 bits per heavy atom. The van der Waals surface area contributed by atoms with Crippen LogP contribution in [0.25, 0.3) is 0 Å². The first-order chi connectivity index (χ1) is 10.2. The predicted molar refractivity (Wildman–Crippen MR) is 83.2 cm³/mol. The zero-order chi connectivity index (χ0) is 15.2. The van der Waals surface area contributed by atoms with Gasteiger partial charge in [-0.15, -0.1) is 0 Å². The number of anilines is 1. The molecule has 1 unspecified atom stereocenters. The van der Waals surface area contributed by atoms with Crippen molar-refractivity contribution in [1.82, 2.24) is 10.2 Å². The molecule has 5 heteroatoms. The lowest BCUT2D eigenvalue weighted by atomic mass is 10.1. The Morgan fingerprint density at radius 3 is 2.95 bits per heavy atom. The highest BCUT2D eigenvalue weighted by Crippen LogP contribution is 2.20. The molecule has 1 aromatic rings. The Hall–Kier alpha value is -1.62. The fourth-order valence-electron chi connectivity index (χ4n) is 2.92. The van der Waals surface area contributed by atoms with Crippen molar-refractivity contribution in [2.75, 3.05) is 31.5 Å². The standard InChI is InChI=1S/C16H24FN3O/c1-3-18-15-13(8-5-9-14(15)17)16(21)19-11-12-7-6-10-20(12)4-2/h5,8-9,12,18H,3-4,6-7,10-11H2,1-2H3,(H,19,21). The monoisotopic (exact) mass is 293 g/mol. The lowest BCUT2D eigenvalue weighted by Gasteiger charge is -2.23. The van der Waals surface area contributed by atoms with Gasteiger partial charge >= 0.3 is 0 Å². The number of likely N-dealkylation sites (N-methyl/N-ethyl adjacent to an activating group) is 1. The highest BCUT2D eigenvalue weighted by Gasteiger charge is 2.24. The Balaban J connectivity index is 2.02. The van der Waals surface area contributed by atoms with Gasteiger partial charge in [0.25, 0.3) is 5.91 Å². The fourth-order valence-corrected chi connectivity index (χ4v) is 2.92. The van der Waals surface area contributed by atoms with Gasteiger partial charge in [-0.25, -0.2) is 4.39 Å². The number of nitrogens with one attached hydrogen (secondary N) is 2. The van der Waals surface area contributed by atoms with Crippen molar-refractivity contribution in [1.29, 1.82) is 0 Å². The summed E-state index contributed by atoms with van der Waals surface area (Å²) in [6, 6.07) is 4.99. The number of carbonyl (C=O) groups is 1. The van der Waals surface area contributed by atoms with E-state index in [9.17, 15) is 9.18 Å². The van der Waals surface area contributed by atoms with Gasteiger partial charge < -0.3 is 10.6 Å². The number of rotatable bonds is 6. The van der Waals surface area contributed by atoms with Gasteiger partial charge in [-0.1, -0.05) is 13.0 Å².